The molecular weight excluding hydrogens is 202 g/mol. The van der Waals surface area contributed by atoms with Crippen LogP contribution in [0, 0.1) is 0 Å². The summed E-state index contributed by atoms with van der Waals surface area (Å²) in [7, 11) is 3.24. The topological polar surface area (TPSA) is 30.5 Å². The van der Waals surface area contributed by atoms with Gasteiger partial charge in [-0.25, -0.2) is 0 Å². The van der Waals surface area contributed by atoms with Crippen LogP contribution < -0.4 is 5.32 Å². The van der Waals surface area contributed by atoms with E-state index in [1.165, 1.54) is 5.56 Å². The van der Waals surface area contributed by atoms with E-state index in [1.54, 1.807) is 20.3 Å². The lowest BCUT2D eigenvalue weighted by Gasteiger charge is -2.22. The second kappa shape index (κ2) is 7.17. The first kappa shape index (κ1) is 12.9. The molecule has 0 unspecified atom stereocenters. The molecule has 1 rings (SSSR count). The number of ether oxygens (including phenoxy) is 2. The van der Waals surface area contributed by atoms with Gasteiger partial charge in [0, 0.05) is 20.8 Å². The van der Waals surface area contributed by atoms with Gasteiger partial charge in [0.25, 0.3) is 0 Å². The molecule has 0 fully saturated rings. The molecule has 0 aliphatic carbocycles. The van der Waals surface area contributed by atoms with Crippen molar-refractivity contribution in [2.45, 2.75) is 18.9 Å². The molecule has 0 radical (unpaired) electrons. The molecule has 3 nitrogen and oxygen atoms in total. The van der Waals surface area contributed by atoms with E-state index in [4.69, 9.17) is 9.47 Å². The second-order valence-corrected chi connectivity index (χ2v) is 3.47. The highest BCUT2D eigenvalue weighted by Crippen LogP contribution is 2.03. The van der Waals surface area contributed by atoms with Crippen molar-refractivity contribution in [3.05, 3.63) is 48.6 Å². The van der Waals surface area contributed by atoms with Gasteiger partial charge in [0.15, 0.2) is 6.29 Å². The summed E-state index contributed by atoms with van der Waals surface area (Å²) in [5, 5.41) is 3.32. The largest absolute Gasteiger partial charge is 0.354 e. The van der Waals surface area contributed by atoms with Gasteiger partial charge in [-0.15, -0.1) is 6.58 Å². The minimum atomic E-state index is -0.304. The Morgan fingerprint density at radius 2 is 1.88 bits per heavy atom. The van der Waals surface area contributed by atoms with Crippen molar-refractivity contribution in [2.75, 3.05) is 14.2 Å². The molecule has 0 heterocycles. The van der Waals surface area contributed by atoms with Crippen LogP contribution in [0.15, 0.2) is 43.0 Å². The Bertz CT molecular complexity index is 296. The normalized spacial score (nSPS) is 12.7. The minimum absolute atomic E-state index is 0.0183. The van der Waals surface area contributed by atoms with Crippen LogP contribution in [0.4, 0.5) is 0 Å². The lowest BCUT2D eigenvalue weighted by Crippen LogP contribution is -2.40. The Balaban J connectivity index is 2.48. The van der Waals surface area contributed by atoms with Crippen LogP contribution >= 0.6 is 0 Å². The fourth-order valence-corrected chi connectivity index (χ4v) is 1.51. The van der Waals surface area contributed by atoms with Crippen LogP contribution in [0.3, 0.4) is 0 Å². The highest BCUT2D eigenvalue weighted by atomic mass is 16.7. The van der Waals surface area contributed by atoms with E-state index in [-0.39, 0.29) is 12.3 Å². The number of nitrogens with one attached hydrogen (secondary N) is 1. The fourth-order valence-electron chi connectivity index (χ4n) is 1.51. The molecule has 1 N–H and O–H groups in total. The maximum Gasteiger partial charge on any atom is 0.175 e. The smallest absolute Gasteiger partial charge is 0.175 e. The number of hydrogen-bond acceptors (Lipinski definition) is 3. The highest BCUT2D eigenvalue weighted by molar-refractivity contribution is 5.14. The molecule has 0 amide bonds. The van der Waals surface area contributed by atoms with Crippen LogP contribution in [0.5, 0.6) is 0 Å². The zero-order valence-electron chi connectivity index (χ0n) is 9.85. The monoisotopic (exact) mass is 221 g/mol. The summed E-state index contributed by atoms with van der Waals surface area (Å²) >= 11 is 0. The van der Waals surface area contributed by atoms with Gasteiger partial charge in [-0.3, -0.25) is 0 Å². The summed E-state index contributed by atoms with van der Waals surface area (Å²) in [6, 6.07) is 10.2. The van der Waals surface area contributed by atoms with E-state index in [0.29, 0.717) is 0 Å². The van der Waals surface area contributed by atoms with Crippen LogP contribution in [0.1, 0.15) is 5.56 Å². The molecule has 0 aliphatic rings. The highest BCUT2D eigenvalue weighted by Gasteiger charge is 2.16. The number of hydrogen-bond donors (Lipinski definition) is 1. The predicted octanol–water partition coefficient (Wildman–Crippen LogP) is 1.95. The molecule has 88 valence electrons. The van der Waals surface area contributed by atoms with Gasteiger partial charge in [0.1, 0.15) is 0 Å². The molecule has 0 saturated carbocycles. The summed E-state index contributed by atoms with van der Waals surface area (Å²) in [5.74, 6) is 0. The van der Waals surface area contributed by atoms with Crippen molar-refractivity contribution in [1.82, 2.24) is 5.32 Å². The van der Waals surface area contributed by atoms with Crippen molar-refractivity contribution < 1.29 is 9.47 Å². The van der Waals surface area contributed by atoms with Crippen molar-refractivity contribution in [2.24, 2.45) is 0 Å². The Hall–Kier alpha value is -1.16. The van der Waals surface area contributed by atoms with Gasteiger partial charge in [-0.2, -0.15) is 0 Å². The van der Waals surface area contributed by atoms with E-state index in [0.717, 1.165) is 6.54 Å². The quantitative estimate of drug-likeness (QED) is 0.564. The molecule has 1 aromatic carbocycles. The maximum absolute atomic E-state index is 5.18. The first-order chi connectivity index (χ1) is 7.81. The standard InChI is InChI=1S/C13H19NO2/c1-4-12(13(15-2)16-3)14-10-11-8-6-5-7-9-11/h4-9,12-14H,1,10H2,2-3H3/t12-/m1/s1. The third-order valence-electron chi connectivity index (χ3n) is 2.40. The van der Waals surface area contributed by atoms with E-state index >= 15 is 0 Å². The summed E-state index contributed by atoms with van der Waals surface area (Å²) in [5.41, 5.74) is 1.22. The number of rotatable bonds is 7. The SMILES string of the molecule is C=C[C@@H](NCc1ccccc1)C(OC)OC. The van der Waals surface area contributed by atoms with Gasteiger partial charge < -0.3 is 14.8 Å². The van der Waals surface area contributed by atoms with E-state index in [9.17, 15) is 0 Å². The lowest BCUT2D eigenvalue weighted by atomic mass is 10.2. The molecule has 0 saturated heterocycles. The average molecular weight is 221 g/mol. The van der Waals surface area contributed by atoms with Gasteiger partial charge in [0.05, 0.1) is 6.04 Å². The average Bonchev–Trinajstić information content (AvgIpc) is 2.35. The number of benzene rings is 1. The van der Waals surface area contributed by atoms with Crippen LogP contribution in [-0.2, 0) is 16.0 Å². The van der Waals surface area contributed by atoms with Crippen molar-refractivity contribution >= 4 is 0 Å². The van der Waals surface area contributed by atoms with Crippen LogP contribution in [0.25, 0.3) is 0 Å². The zero-order chi connectivity index (χ0) is 11.8. The van der Waals surface area contributed by atoms with Gasteiger partial charge in [-0.05, 0) is 5.56 Å². The van der Waals surface area contributed by atoms with E-state index < -0.39 is 0 Å². The molecule has 0 spiro atoms. The number of methoxy groups -OCH3 is 2. The lowest BCUT2D eigenvalue weighted by molar-refractivity contribution is -0.114. The first-order valence-electron chi connectivity index (χ1n) is 5.27. The summed E-state index contributed by atoms with van der Waals surface area (Å²) < 4.78 is 10.4. The molecule has 1 atom stereocenters. The summed E-state index contributed by atoms with van der Waals surface area (Å²) in [6.07, 6.45) is 1.49. The van der Waals surface area contributed by atoms with Gasteiger partial charge in [-0.1, -0.05) is 36.4 Å². The van der Waals surface area contributed by atoms with Gasteiger partial charge in [0.2, 0.25) is 0 Å². The molecule has 3 heteroatoms. The Morgan fingerprint density at radius 3 is 2.38 bits per heavy atom. The third-order valence-corrected chi connectivity index (χ3v) is 2.40. The van der Waals surface area contributed by atoms with Crippen LogP contribution in [-0.4, -0.2) is 26.6 Å². The third kappa shape index (κ3) is 3.77. The molecular formula is C13H19NO2. The van der Waals surface area contributed by atoms with Crippen molar-refractivity contribution in [3.63, 3.8) is 0 Å². The molecule has 16 heavy (non-hydrogen) atoms. The molecule has 0 bridgehead atoms. The first-order valence-corrected chi connectivity index (χ1v) is 5.27. The molecule has 1 aromatic rings. The van der Waals surface area contributed by atoms with E-state index in [1.807, 2.05) is 18.2 Å². The molecule has 0 aromatic heterocycles. The second-order valence-electron chi connectivity index (χ2n) is 3.47. The zero-order valence-corrected chi connectivity index (χ0v) is 9.85. The Morgan fingerprint density at radius 1 is 1.25 bits per heavy atom. The van der Waals surface area contributed by atoms with Crippen molar-refractivity contribution in [1.29, 1.82) is 0 Å². The predicted molar refractivity (Wildman–Crippen MR) is 65.1 cm³/mol. The van der Waals surface area contributed by atoms with Crippen molar-refractivity contribution in [3.8, 4) is 0 Å². The fraction of sp³-hybridized carbons (Fsp3) is 0.385. The Kier molecular flexibility index (Phi) is 5.78. The van der Waals surface area contributed by atoms with E-state index in [2.05, 4.69) is 24.0 Å². The van der Waals surface area contributed by atoms with Gasteiger partial charge >= 0.3 is 0 Å². The molecule has 0 aliphatic heterocycles. The van der Waals surface area contributed by atoms with Crippen LogP contribution in [0.2, 0.25) is 0 Å². The Labute approximate surface area is 97.1 Å². The maximum atomic E-state index is 5.18. The summed E-state index contributed by atoms with van der Waals surface area (Å²) in [6.45, 7) is 4.53. The minimum Gasteiger partial charge on any atom is -0.354 e. The summed E-state index contributed by atoms with van der Waals surface area (Å²) in [4.78, 5) is 0.